The Bertz CT molecular complexity index is 274. The average Bonchev–Trinajstić information content (AvgIpc) is 2.17. The molecule has 0 bridgehead atoms. The van der Waals surface area contributed by atoms with Crippen molar-refractivity contribution in [3.8, 4) is 0 Å². The Morgan fingerprint density at radius 3 is 2.18 bits per heavy atom. The molecule has 62 valence electrons. The first kappa shape index (κ1) is 8.15. The van der Waals surface area contributed by atoms with Crippen molar-refractivity contribution >= 4 is 22.5 Å². The maximum absolute atomic E-state index is 10.6. The summed E-state index contributed by atoms with van der Waals surface area (Å²) >= 11 is 0. The molecule has 1 atom stereocenters. The zero-order valence-corrected chi connectivity index (χ0v) is 6.15. The molecular formula is C4H5NO5S. The SMILES string of the molecule is O=C1CC([SH](=O)=O)C(=O)N1O. The Balaban J connectivity index is 2.92. The molecule has 0 aliphatic carbocycles. The van der Waals surface area contributed by atoms with Crippen LogP contribution in [0.5, 0.6) is 0 Å². The van der Waals surface area contributed by atoms with Crippen LogP contribution < -0.4 is 0 Å². The van der Waals surface area contributed by atoms with E-state index in [2.05, 4.69) is 0 Å². The van der Waals surface area contributed by atoms with E-state index in [-0.39, 0.29) is 5.06 Å². The third-order valence-electron chi connectivity index (χ3n) is 1.35. The minimum absolute atomic E-state index is 0.157. The Hall–Kier alpha value is -0.950. The lowest BCUT2D eigenvalue weighted by Crippen LogP contribution is -2.28. The summed E-state index contributed by atoms with van der Waals surface area (Å²) in [5, 5.41) is 7.02. The molecule has 1 aliphatic rings. The standard InChI is InChI=1S/C4H5NO5S/c6-3-1-2(11(9)10)4(7)5(3)8/h2,8,11H,1H2. The van der Waals surface area contributed by atoms with Gasteiger partial charge in [-0.05, 0) is 0 Å². The number of rotatable bonds is 1. The summed E-state index contributed by atoms with van der Waals surface area (Å²) in [7, 11) is -2.97. The van der Waals surface area contributed by atoms with Gasteiger partial charge in [0.05, 0.1) is 6.42 Å². The van der Waals surface area contributed by atoms with Gasteiger partial charge in [0.2, 0.25) is 0 Å². The lowest BCUT2D eigenvalue weighted by molar-refractivity contribution is -0.170. The predicted molar refractivity (Wildman–Crippen MR) is 32.4 cm³/mol. The molecule has 0 aromatic carbocycles. The van der Waals surface area contributed by atoms with E-state index in [1.807, 2.05) is 0 Å². The molecule has 1 rings (SSSR count). The quantitative estimate of drug-likeness (QED) is 0.279. The van der Waals surface area contributed by atoms with E-state index in [4.69, 9.17) is 5.21 Å². The van der Waals surface area contributed by atoms with E-state index in [1.165, 1.54) is 0 Å². The van der Waals surface area contributed by atoms with Gasteiger partial charge in [-0.2, -0.15) is 5.06 Å². The van der Waals surface area contributed by atoms with Crippen molar-refractivity contribution in [3.63, 3.8) is 0 Å². The van der Waals surface area contributed by atoms with Crippen molar-refractivity contribution in [2.24, 2.45) is 0 Å². The van der Waals surface area contributed by atoms with Gasteiger partial charge in [0.15, 0.2) is 10.7 Å². The van der Waals surface area contributed by atoms with Crippen LogP contribution in [-0.2, 0) is 20.3 Å². The summed E-state index contributed by atoms with van der Waals surface area (Å²) in [6, 6.07) is 0. The van der Waals surface area contributed by atoms with Crippen LogP contribution in [0.25, 0.3) is 0 Å². The number of carbonyl (C=O) groups is 2. The number of imide groups is 1. The molecule has 2 amide bonds. The highest BCUT2D eigenvalue weighted by molar-refractivity contribution is 7.74. The van der Waals surface area contributed by atoms with Crippen LogP contribution in [0.4, 0.5) is 0 Å². The van der Waals surface area contributed by atoms with Crippen LogP contribution >= 0.6 is 0 Å². The molecule has 1 unspecified atom stereocenters. The predicted octanol–water partition coefficient (Wildman–Crippen LogP) is -1.89. The topological polar surface area (TPSA) is 91.8 Å². The van der Waals surface area contributed by atoms with Crippen LogP contribution in [0.3, 0.4) is 0 Å². The molecule has 1 fully saturated rings. The van der Waals surface area contributed by atoms with E-state index >= 15 is 0 Å². The Labute approximate surface area is 63.3 Å². The van der Waals surface area contributed by atoms with Crippen molar-refractivity contribution in [3.05, 3.63) is 0 Å². The number of thiol groups is 1. The third-order valence-corrected chi connectivity index (χ3v) is 2.26. The third kappa shape index (κ3) is 1.24. The molecule has 0 aromatic rings. The Morgan fingerprint density at radius 1 is 1.45 bits per heavy atom. The highest BCUT2D eigenvalue weighted by atomic mass is 32.2. The number of hydrogen-bond donors (Lipinski definition) is 2. The fraction of sp³-hybridized carbons (Fsp3) is 0.500. The second-order valence-electron chi connectivity index (χ2n) is 2.05. The van der Waals surface area contributed by atoms with Crippen molar-refractivity contribution in [2.75, 3.05) is 0 Å². The van der Waals surface area contributed by atoms with Gasteiger partial charge in [-0.25, -0.2) is 8.42 Å². The maximum atomic E-state index is 10.6. The van der Waals surface area contributed by atoms with Crippen LogP contribution in [0, 0.1) is 0 Å². The first-order valence-corrected chi connectivity index (χ1v) is 3.98. The number of carbonyl (C=O) groups excluding carboxylic acids is 2. The minimum atomic E-state index is -2.97. The smallest absolute Gasteiger partial charge is 0.271 e. The van der Waals surface area contributed by atoms with Gasteiger partial charge in [0.25, 0.3) is 11.8 Å². The normalized spacial score (nSPS) is 25.3. The molecule has 0 saturated carbocycles. The van der Waals surface area contributed by atoms with Crippen molar-refractivity contribution < 1.29 is 23.2 Å². The van der Waals surface area contributed by atoms with E-state index in [0.717, 1.165) is 0 Å². The van der Waals surface area contributed by atoms with Gasteiger partial charge in [0.1, 0.15) is 5.25 Å². The molecule has 1 aliphatic heterocycles. The molecule has 7 heteroatoms. The molecule has 1 N–H and O–H groups in total. The summed E-state index contributed by atoms with van der Waals surface area (Å²) in [5.41, 5.74) is 0. The van der Waals surface area contributed by atoms with Crippen molar-refractivity contribution in [2.45, 2.75) is 11.7 Å². The number of nitrogens with zero attached hydrogens (tertiary/aromatic N) is 1. The van der Waals surface area contributed by atoms with Crippen LogP contribution in [0.2, 0.25) is 0 Å². The molecule has 11 heavy (non-hydrogen) atoms. The zero-order valence-electron chi connectivity index (χ0n) is 5.26. The summed E-state index contributed by atoms with van der Waals surface area (Å²) < 4.78 is 20.5. The molecule has 1 saturated heterocycles. The lowest BCUT2D eigenvalue weighted by atomic mass is 10.4. The summed E-state index contributed by atoms with van der Waals surface area (Å²) in [6.45, 7) is 0. The number of hydrogen-bond acceptors (Lipinski definition) is 5. The Morgan fingerprint density at radius 2 is 2.00 bits per heavy atom. The zero-order chi connectivity index (χ0) is 8.59. The first-order chi connectivity index (χ1) is 5.04. The Kier molecular flexibility index (Phi) is 1.92. The monoisotopic (exact) mass is 179 g/mol. The molecule has 0 radical (unpaired) electrons. The summed E-state index contributed by atoms with van der Waals surface area (Å²) in [6.07, 6.45) is -0.450. The maximum Gasteiger partial charge on any atom is 0.271 e. The minimum Gasteiger partial charge on any atom is -0.278 e. The summed E-state index contributed by atoms with van der Waals surface area (Å²) in [5.74, 6) is -1.94. The van der Waals surface area contributed by atoms with Crippen LogP contribution in [0.15, 0.2) is 0 Å². The van der Waals surface area contributed by atoms with Gasteiger partial charge in [-0.3, -0.25) is 14.8 Å². The van der Waals surface area contributed by atoms with Gasteiger partial charge >= 0.3 is 0 Å². The van der Waals surface area contributed by atoms with E-state index < -0.39 is 34.2 Å². The van der Waals surface area contributed by atoms with Gasteiger partial charge < -0.3 is 0 Å². The fourth-order valence-corrected chi connectivity index (χ4v) is 1.36. The van der Waals surface area contributed by atoms with Gasteiger partial charge in [-0.15, -0.1) is 0 Å². The van der Waals surface area contributed by atoms with Crippen molar-refractivity contribution in [1.29, 1.82) is 0 Å². The highest BCUT2D eigenvalue weighted by Crippen LogP contribution is 2.12. The second-order valence-corrected chi connectivity index (χ2v) is 3.24. The second kappa shape index (κ2) is 2.59. The average molecular weight is 179 g/mol. The number of hydroxylamine groups is 2. The van der Waals surface area contributed by atoms with Crippen LogP contribution in [-0.4, -0.2) is 35.8 Å². The van der Waals surface area contributed by atoms with Crippen LogP contribution in [0.1, 0.15) is 6.42 Å². The molecule has 0 spiro atoms. The number of amides is 2. The first-order valence-electron chi connectivity index (χ1n) is 2.73. The largest absolute Gasteiger partial charge is 0.278 e. The molecule has 0 aromatic heterocycles. The van der Waals surface area contributed by atoms with E-state index in [1.54, 1.807) is 0 Å². The summed E-state index contributed by atoms with van der Waals surface area (Å²) in [4.78, 5) is 21.1. The highest BCUT2D eigenvalue weighted by Gasteiger charge is 2.40. The van der Waals surface area contributed by atoms with Crippen molar-refractivity contribution in [1.82, 2.24) is 5.06 Å². The molecular weight excluding hydrogens is 174 g/mol. The molecule has 1 heterocycles. The lowest BCUT2D eigenvalue weighted by Gasteiger charge is -2.00. The van der Waals surface area contributed by atoms with E-state index in [9.17, 15) is 18.0 Å². The fourth-order valence-electron chi connectivity index (χ4n) is 0.768. The van der Waals surface area contributed by atoms with Gasteiger partial charge in [-0.1, -0.05) is 0 Å². The van der Waals surface area contributed by atoms with Gasteiger partial charge in [0, 0.05) is 0 Å². The molecule has 6 nitrogen and oxygen atoms in total. The van der Waals surface area contributed by atoms with E-state index in [0.29, 0.717) is 0 Å².